The second-order valence-corrected chi connectivity index (χ2v) is 33.2. The zero-order valence-corrected chi connectivity index (χ0v) is 68.0. The maximum absolute atomic E-state index is 17.8. The number of carbonyl (C=O) groups excluding carboxylic acids is 24. The molecule has 0 spiro atoms. The molecule has 0 saturated heterocycles. The van der Waals surface area contributed by atoms with Gasteiger partial charge in [0, 0.05) is 240 Å². The molecule has 12 aliphatic rings. The van der Waals surface area contributed by atoms with Gasteiger partial charge in [-0.25, -0.2) is 29.4 Å². The summed E-state index contributed by atoms with van der Waals surface area (Å²) in [5, 5.41) is -5.04. The van der Waals surface area contributed by atoms with Crippen LogP contribution in [0.25, 0.3) is 64.6 Å². The average Bonchev–Trinajstić information content (AvgIpc) is 0.666. The van der Waals surface area contributed by atoms with E-state index in [0.717, 1.165) is 217 Å². The van der Waals surface area contributed by atoms with Crippen LogP contribution in [0.4, 0.5) is 34.1 Å². The van der Waals surface area contributed by atoms with Crippen LogP contribution in [-0.2, 0) is 0 Å². The van der Waals surface area contributed by atoms with Crippen molar-refractivity contribution < 1.29 is 115 Å². The number of anilines is 6. The summed E-state index contributed by atoms with van der Waals surface area (Å²) in [6.45, 7) is 0. The highest BCUT2D eigenvalue weighted by Gasteiger charge is 2.58. The monoisotopic (exact) mass is 1750 g/mol. The van der Waals surface area contributed by atoms with E-state index < -0.39 is 275 Å². The van der Waals surface area contributed by atoms with Gasteiger partial charge in [-0.15, -0.1) is 0 Å². The average molecular weight is 1750 g/mol. The van der Waals surface area contributed by atoms with Crippen LogP contribution in [0.15, 0.2) is 146 Å². The number of carbonyl (C=O) groups is 24. The van der Waals surface area contributed by atoms with Gasteiger partial charge in [0.1, 0.15) is 34.1 Å². The van der Waals surface area contributed by atoms with Crippen LogP contribution in [-0.4, -0.2) is 213 Å². The lowest BCUT2D eigenvalue weighted by Crippen LogP contribution is -2.52. The van der Waals surface area contributed by atoms with Crippen LogP contribution in [0.1, 0.15) is 249 Å². The van der Waals surface area contributed by atoms with Gasteiger partial charge in [0.25, 0.3) is 142 Å². The molecule has 132 heavy (non-hydrogen) atoms. The molecule has 0 bridgehead atoms. The fraction of sp³-hybridized carbons (Fsp3) is 0.0625. The van der Waals surface area contributed by atoms with Crippen LogP contribution in [0.3, 0.4) is 0 Å². The maximum Gasteiger partial charge on any atom is 0.266 e. The molecule has 13 aromatic rings. The van der Waals surface area contributed by atoms with Crippen molar-refractivity contribution >= 4 is 241 Å². The minimum absolute atomic E-state index is 0.0618. The first kappa shape index (κ1) is 75.6. The van der Waals surface area contributed by atoms with Crippen molar-refractivity contribution in [2.24, 2.45) is 0 Å². The molecule has 0 N–H and O–H groups in total. The first-order chi connectivity index (χ1) is 63.1. The fourth-order valence-electron chi connectivity index (χ4n) is 21.1. The minimum atomic E-state index is -1.77. The lowest BCUT2D eigenvalue weighted by Gasteiger charge is -2.44. The summed E-state index contributed by atoms with van der Waals surface area (Å²) in [4.78, 5) is 392. The van der Waals surface area contributed by atoms with Gasteiger partial charge in [0.15, 0.2) is 0 Å². The Morgan fingerprint density at radius 1 is 0.106 bits per heavy atom. The fourth-order valence-corrected chi connectivity index (χ4v) is 21.1. The molecule has 25 rings (SSSR count). The molecule has 0 fully saturated rings. The van der Waals surface area contributed by atoms with E-state index in [-0.39, 0.29) is 128 Å². The van der Waals surface area contributed by atoms with Gasteiger partial charge in [0.05, 0.1) is 0 Å². The second-order valence-electron chi connectivity index (χ2n) is 33.2. The quantitative estimate of drug-likeness (QED) is 0.140. The Balaban J connectivity index is 0.913. The number of hydrogen-bond donors (Lipinski definition) is 0. The molecule has 0 aromatic heterocycles. The molecule has 0 atom stereocenters. The predicted octanol–water partition coefficient (Wildman–Crippen LogP) is 8.76. The zero-order valence-electron chi connectivity index (χ0n) is 68.0. The summed E-state index contributed by atoms with van der Waals surface area (Å²) in [5.74, 6) is -33.0. The number of nitrogens with zero attached hydrogens (tertiary/aromatic N) is 12. The molecule has 24 amide bonds. The van der Waals surface area contributed by atoms with Crippen LogP contribution in [0, 0.1) is 0 Å². The molecule has 0 unspecified atom stereocenters. The SMILES string of the molecule is CN1C(=O)c2ccc3c4c(ccc(c24)C1=O)C(=O)N(c1c(N2C(=O)c4ccc5c6c(ccc(c46)C2=O)C(=O)N(C)C5=O)c(N2C(=O)c4ccc5c6c(ccc(c46)C2=O)C(=O)N(C)C5=O)c(N2C(=O)c4ccc5c6c(ccc(c46)C2=O)C(=O)N(C)C5=O)c(N2C(=O)c4ccc5c6c(ccc(c46)C2=O)C(=O)N(C)C5=O)c1N1C(=O)c2ccc4c5c(ccc(c25)C1=O)C(=O)N(C)C4=O)C3=O. The van der Waals surface area contributed by atoms with E-state index in [1.807, 2.05) is 0 Å². The molecule has 630 valence electrons. The van der Waals surface area contributed by atoms with E-state index in [2.05, 4.69) is 0 Å². The first-order valence-corrected chi connectivity index (χ1v) is 40.2. The van der Waals surface area contributed by atoms with E-state index >= 15 is 57.5 Å². The molecule has 12 heterocycles. The Labute approximate surface area is 732 Å². The summed E-state index contributed by atoms with van der Waals surface area (Å²) in [6.07, 6.45) is 0. The Bertz CT molecular complexity index is 7020. The topological polar surface area (TPSA) is 449 Å². The van der Waals surface area contributed by atoms with Gasteiger partial charge in [-0.1, -0.05) is 0 Å². The number of amides is 24. The van der Waals surface area contributed by atoms with Crippen molar-refractivity contribution in [2.45, 2.75) is 0 Å². The third-order valence-corrected chi connectivity index (χ3v) is 27.3. The Hall–Kier alpha value is -18.9. The highest BCUT2D eigenvalue weighted by atomic mass is 16.2. The van der Waals surface area contributed by atoms with Gasteiger partial charge in [0.2, 0.25) is 0 Å². The Kier molecular flexibility index (Phi) is 13.9. The summed E-state index contributed by atoms with van der Waals surface area (Å²) < 4.78 is 0. The normalized spacial score (nSPS) is 17.5. The van der Waals surface area contributed by atoms with Crippen LogP contribution in [0.5, 0.6) is 0 Å². The van der Waals surface area contributed by atoms with Crippen LogP contribution in [0.2, 0.25) is 0 Å². The van der Waals surface area contributed by atoms with Gasteiger partial charge in [-0.2, -0.15) is 0 Å². The molecular weight excluding hydrogens is 1710 g/mol. The predicted molar refractivity (Wildman–Crippen MR) is 456 cm³/mol. The van der Waals surface area contributed by atoms with Crippen molar-refractivity contribution in [3.05, 3.63) is 279 Å². The second kappa shape index (κ2) is 24.2. The summed E-state index contributed by atoms with van der Waals surface area (Å²) in [6, 6.07) is 24.4. The molecule has 0 saturated carbocycles. The minimum Gasteiger partial charge on any atom is -0.277 e. The van der Waals surface area contributed by atoms with Crippen LogP contribution < -0.4 is 29.4 Å². The van der Waals surface area contributed by atoms with Crippen molar-refractivity contribution in [1.29, 1.82) is 0 Å². The number of hydrogen-bond acceptors (Lipinski definition) is 24. The van der Waals surface area contributed by atoms with E-state index in [4.69, 9.17) is 0 Å². The lowest BCUT2D eigenvalue weighted by atomic mass is 9.83. The van der Waals surface area contributed by atoms with Gasteiger partial charge < -0.3 is 0 Å². The molecular formula is C96H42N12O24. The molecule has 36 nitrogen and oxygen atoms in total. The third-order valence-electron chi connectivity index (χ3n) is 27.3. The number of benzene rings is 13. The summed E-state index contributed by atoms with van der Waals surface area (Å²) >= 11 is 0. The van der Waals surface area contributed by atoms with Gasteiger partial charge >= 0.3 is 0 Å². The highest BCUT2D eigenvalue weighted by molar-refractivity contribution is 6.54. The number of imide groups is 12. The smallest absolute Gasteiger partial charge is 0.266 e. The highest BCUT2D eigenvalue weighted by Crippen LogP contribution is 2.64. The summed E-state index contributed by atoms with van der Waals surface area (Å²) in [7, 11) is 6.82. The standard InChI is InChI=1S/C96H42N12O24/c1-97-73(109)31-7-19-43-61-44(20-8-32(55(31)61)74(97)110)86(122)103(85(43)121)67-68(104-87(123)45-21-9-33-56-34(76(112)98(2)75(33)111)10-22-46(62(45)56)88(104)124)70(106-91(127)49-25-13-37-58-38(80(116)100(4)79(37)115)14-26-50(64(49)58)92(106)128)72(108-95(131)53-29-17-41-60-42(84(120)102(6)83(41)119)18-30-54(66(53)60)96(108)132)71(107-93(129)51-27-15-39-59-40(82(118)101(5)81(39)117)16-28-52(65(51)59)94(107)130)69(67)105-89(125)47-23-11-35-57-36(78(114)99(3)77(35)113)12-24-48(63(47)57)90(105)126/h7-30H,1-6H3. The lowest BCUT2D eigenvalue weighted by molar-refractivity contribution is 0.0635. The maximum atomic E-state index is 17.8. The van der Waals surface area contributed by atoms with E-state index in [1.165, 1.54) is 0 Å². The largest absolute Gasteiger partial charge is 0.277 e. The van der Waals surface area contributed by atoms with Gasteiger partial charge in [-0.3, -0.25) is 144 Å². The Morgan fingerprint density at radius 3 is 0.235 bits per heavy atom. The van der Waals surface area contributed by atoms with Crippen molar-refractivity contribution in [1.82, 2.24) is 29.4 Å². The molecule has 12 aliphatic heterocycles. The summed E-state index contributed by atoms with van der Waals surface area (Å²) in [5.41, 5.74) is -22.7. The first-order valence-electron chi connectivity index (χ1n) is 40.2. The molecule has 0 aliphatic carbocycles. The Morgan fingerprint density at radius 2 is 0.167 bits per heavy atom. The van der Waals surface area contributed by atoms with E-state index in [9.17, 15) is 57.5 Å². The van der Waals surface area contributed by atoms with Gasteiger partial charge in [-0.05, 0) is 146 Å². The molecule has 0 radical (unpaired) electrons. The van der Waals surface area contributed by atoms with Crippen molar-refractivity contribution in [3.8, 4) is 0 Å². The zero-order chi connectivity index (χ0) is 92.0. The molecule has 36 heteroatoms. The van der Waals surface area contributed by atoms with Crippen molar-refractivity contribution in [2.75, 3.05) is 71.7 Å². The van der Waals surface area contributed by atoms with E-state index in [0.29, 0.717) is 0 Å². The number of rotatable bonds is 6. The van der Waals surface area contributed by atoms with Crippen molar-refractivity contribution in [3.63, 3.8) is 0 Å². The third kappa shape index (κ3) is 8.37. The van der Waals surface area contributed by atoms with E-state index in [1.54, 1.807) is 0 Å². The van der Waals surface area contributed by atoms with Crippen LogP contribution >= 0.6 is 0 Å². The molecule has 13 aromatic carbocycles.